The van der Waals surface area contributed by atoms with Crippen molar-refractivity contribution in [2.24, 2.45) is 16.5 Å². The zero-order chi connectivity index (χ0) is 23.5. The predicted octanol–water partition coefficient (Wildman–Crippen LogP) is -0.588. The summed E-state index contributed by atoms with van der Waals surface area (Å²) in [5.74, 6) is -1.10. The molecule has 2 aromatic rings. The van der Waals surface area contributed by atoms with E-state index in [0.29, 0.717) is 11.9 Å². The largest absolute Gasteiger partial charge is 0.392 e. The van der Waals surface area contributed by atoms with Crippen LogP contribution in [0.15, 0.2) is 29.3 Å². The number of β-amino-alcohol motifs (C(OH)–C–C–N with tert-alkyl or cyclic N) is 1. The Labute approximate surface area is 189 Å². The Morgan fingerprint density at radius 1 is 1.38 bits per heavy atom. The number of aliphatic imine (C=N–C) groups is 1. The first-order chi connectivity index (χ1) is 15.1. The van der Waals surface area contributed by atoms with Gasteiger partial charge in [-0.05, 0) is 25.0 Å². The molecule has 0 radical (unpaired) electrons. The molecule has 1 aliphatic rings. The number of aliphatic hydroxyl groups is 1. The summed E-state index contributed by atoms with van der Waals surface area (Å²) in [5, 5.41) is 12.8. The van der Waals surface area contributed by atoms with Crippen LogP contribution in [0.1, 0.15) is 29.1 Å². The highest BCUT2D eigenvalue weighted by atomic mass is 32.2. The van der Waals surface area contributed by atoms with Crippen molar-refractivity contribution in [3.63, 3.8) is 0 Å². The smallest absolute Gasteiger partial charge is 0.239 e. The Hall–Kier alpha value is -2.61. The molecule has 1 aliphatic heterocycles. The first-order valence-corrected chi connectivity index (χ1v) is 12.6. The molecule has 0 saturated carbocycles. The van der Waals surface area contributed by atoms with Crippen LogP contribution in [0.3, 0.4) is 0 Å². The molecule has 0 spiro atoms. The summed E-state index contributed by atoms with van der Waals surface area (Å²) < 4.78 is 25.8. The molecule has 2 heterocycles. The zero-order valence-corrected chi connectivity index (χ0v) is 19.1. The second-order valence-electron chi connectivity index (χ2n) is 7.60. The number of benzene rings is 1. The quantitative estimate of drug-likeness (QED) is 0.158. The number of aromatic nitrogens is 1. The van der Waals surface area contributed by atoms with Crippen molar-refractivity contribution < 1.29 is 23.1 Å². The van der Waals surface area contributed by atoms with E-state index in [-0.39, 0.29) is 42.7 Å². The van der Waals surface area contributed by atoms with Gasteiger partial charge in [-0.2, -0.15) is 4.31 Å². The van der Waals surface area contributed by atoms with Crippen LogP contribution in [-0.2, 0) is 14.8 Å². The fourth-order valence-electron chi connectivity index (χ4n) is 3.56. The van der Waals surface area contributed by atoms with Crippen molar-refractivity contribution in [1.82, 2.24) is 14.6 Å². The summed E-state index contributed by atoms with van der Waals surface area (Å²) in [6.45, 7) is 0.0946. The fourth-order valence-corrected chi connectivity index (χ4v) is 5.60. The number of carbonyl (C=O) groups excluding carboxylic acids is 2. The van der Waals surface area contributed by atoms with Gasteiger partial charge in [0, 0.05) is 19.5 Å². The molecule has 2 unspecified atom stereocenters. The average molecular weight is 483 g/mol. The summed E-state index contributed by atoms with van der Waals surface area (Å²) in [6, 6.07) is 5.25. The number of nitrogens with two attached hydrogens (primary N) is 2. The lowest BCUT2D eigenvalue weighted by Gasteiger charge is -2.24. The number of aliphatic hydroxyl groups excluding tert-OH is 1. The van der Waals surface area contributed by atoms with Gasteiger partial charge in [0.05, 0.1) is 28.6 Å². The lowest BCUT2D eigenvalue weighted by atomic mass is 10.1. The Balaban J connectivity index is 1.80. The molecule has 13 heteroatoms. The third-order valence-corrected chi connectivity index (χ3v) is 7.35. The second kappa shape index (κ2) is 9.90. The molecule has 11 nitrogen and oxygen atoms in total. The van der Waals surface area contributed by atoms with Gasteiger partial charge in [-0.25, -0.2) is 13.4 Å². The molecule has 32 heavy (non-hydrogen) atoms. The van der Waals surface area contributed by atoms with E-state index in [9.17, 15) is 23.1 Å². The number of thiazole rings is 1. The van der Waals surface area contributed by atoms with E-state index in [4.69, 9.17) is 11.5 Å². The molecule has 174 valence electrons. The van der Waals surface area contributed by atoms with Gasteiger partial charge < -0.3 is 21.9 Å². The molecular formula is C19H26N6O5S2. The maximum absolute atomic E-state index is 13.2. The highest BCUT2D eigenvalue weighted by Gasteiger charge is 2.42. The van der Waals surface area contributed by atoms with Crippen LogP contribution in [0.4, 0.5) is 0 Å². The monoisotopic (exact) mass is 482 g/mol. The van der Waals surface area contributed by atoms with Gasteiger partial charge in [0.1, 0.15) is 6.04 Å². The number of hydrogen-bond donors (Lipinski definition) is 4. The minimum atomic E-state index is -3.71. The number of Topliss-reactive ketones (excluding diaryl/α,β-unsaturated/α-hetero) is 1. The third kappa shape index (κ3) is 5.79. The van der Waals surface area contributed by atoms with Crippen molar-refractivity contribution in [2.75, 3.05) is 19.3 Å². The zero-order valence-electron chi connectivity index (χ0n) is 17.5. The van der Waals surface area contributed by atoms with E-state index in [1.807, 2.05) is 18.2 Å². The van der Waals surface area contributed by atoms with E-state index >= 15 is 0 Å². The summed E-state index contributed by atoms with van der Waals surface area (Å²) >= 11 is 1.22. The molecule has 1 amide bonds. The number of nitrogens with zero attached hydrogens (tertiary/aromatic N) is 3. The number of para-hydroxylation sites is 1. The maximum Gasteiger partial charge on any atom is 0.239 e. The van der Waals surface area contributed by atoms with Crippen molar-refractivity contribution >= 4 is 49.2 Å². The number of sulfonamides is 1. The molecule has 3 atom stereocenters. The number of amides is 1. The van der Waals surface area contributed by atoms with Gasteiger partial charge in [0.2, 0.25) is 21.7 Å². The molecule has 1 aromatic carbocycles. The Bertz CT molecular complexity index is 1100. The van der Waals surface area contributed by atoms with Crippen molar-refractivity contribution in [3.05, 3.63) is 29.3 Å². The van der Waals surface area contributed by atoms with E-state index in [1.165, 1.54) is 11.3 Å². The van der Waals surface area contributed by atoms with Gasteiger partial charge in [0.25, 0.3) is 0 Å². The second-order valence-corrected chi connectivity index (χ2v) is 10.6. The van der Waals surface area contributed by atoms with Gasteiger partial charge in [-0.15, -0.1) is 11.3 Å². The Kier molecular flexibility index (Phi) is 7.44. The third-order valence-electron chi connectivity index (χ3n) is 5.05. The van der Waals surface area contributed by atoms with Crippen LogP contribution < -0.4 is 16.8 Å². The lowest BCUT2D eigenvalue weighted by Crippen LogP contribution is -2.50. The first kappa shape index (κ1) is 24.0. The summed E-state index contributed by atoms with van der Waals surface area (Å²) in [6.07, 6.45) is 0.605. The van der Waals surface area contributed by atoms with E-state index in [1.54, 1.807) is 6.07 Å². The normalized spacial score (nSPS) is 20.2. The van der Waals surface area contributed by atoms with Gasteiger partial charge in [0.15, 0.2) is 11.0 Å². The summed E-state index contributed by atoms with van der Waals surface area (Å²) in [7, 11) is -3.71. The fraction of sp³-hybridized carbons (Fsp3) is 0.474. The molecule has 1 aromatic heterocycles. The van der Waals surface area contributed by atoms with Gasteiger partial charge >= 0.3 is 0 Å². The highest BCUT2D eigenvalue weighted by Crippen LogP contribution is 2.24. The van der Waals surface area contributed by atoms with E-state index in [2.05, 4.69) is 15.3 Å². The standard InChI is InChI=1S/C19H26N6O5S2/c1-32(29,30)25-10-11(26)9-14(25)17(28)23-13(6-4-8-22-19(20)21)16(27)18-24-12-5-2-3-7-15(12)31-18/h2-3,5,7,11,13-14,26H,4,6,8-10H2,1H3,(H,23,28)(H4,20,21,22)/t11?,13?,14-/m0/s1. The summed E-state index contributed by atoms with van der Waals surface area (Å²) in [4.78, 5) is 34.4. The van der Waals surface area contributed by atoms with Gasteiger partial charge in [-0.1, -0.05) is 12.1 Å². The number of nitrogens with one attached hydrogen (secondary N) is 1. The number of guanidine groups is 1. The average Bonchev–Trinajstić information content (AvgIpc) is 3.33. The van der Waals surface area contributed by atoms with Crippen LogP contribution in [0.5, 0.6) is 0 Å². The molecule has 1 saturated heterocycles. The minimum absolute atomic E-state index is 0.0467. The topological polar surface area (TPSA) is 181 Å². The molecule has 0 aliphatic carbocycles. The highest BCUT2D eigenvalue weighted by molar-refractivity contribution is 7.88. The Morgan fingerprint density at radius 3 is 2.75 bits per heavy atom. The first-order valence-electron chi connectivity index (χ1n) is 9.96. The van der Waals surface area contributed by atoms with Crippen LogP contribution in [0.25, 0.3) is 10.2 Å². The molecule has 6 N–H and O–H groups in total. The van der Waals surface area contributed by atoms with Crippen molar-refractivity contribution in [1.29, 1.82) is 0 Å². The van der Waals surface area contributed by atoms with Crippen molar-refractivity contribution in [2.45, 2.75) is 37.5 Å². The van der Waals surface area contributed by atoms with Crippen LogP contribution in [0, 0.1) is 0 Å². The summed E-state index contributed by atoms with van der Waals surface area (Å²) in [5.41, 5.74) is 11.3. The lowest BCUT2D eigenvalue weighted by molar-refractivity contribution is -0.124. The van der Waals surface area contributed by atoms with Crippen LogP contribution in [0.2, 0.25) is 0 Å². The van der Waals surface area contributed by atoms with Crippen LogP contribution in [-0.4, -0.2) is 78.0 Å². The molecule has 3 rings (SSSR count). The predicted molar refractivity (Wildman–Crippen MR) is 122 cm³/mol. The number of carbonyl (C=O) groups is 2. The van der Waals surface area contributed by atoms with E-state index in [0.717, 1.165) is 15.3 Å². The van der Waals surface area contributed by atoms with Gasteiger partial charge in [-0.3, -0.25) is 14.6 Å². The minimum Gasteiger partial charge on any atom is -0.392 e. The number of fused-ring (bicyclic) bond motifs is 1. The molecule has 1 fully saturated rings. The van der Waals surface area contributed by atoms with Crippen LogP contribution >= 0.6 is 11.3 Å². The SMILES string of the molecule is CS(=O)(=O)N1CC(O)C[C@H]1C(=O)NC(CCCN=C(N)N)C(=O)c1nc2ccccc2s1. The maximum atomic E-state index is 13.2. The number of hydrogen-bond acceptors (Lipinski definition) is 8. The number of rotatable bonds is 9. The molecule has 0 bridgehead atoms. The molecular weight excluding hydrogens is 456 g/mol. The Morgan fingerprint density at radius 2 is 2.09 bits per heavy atom. The van der Waals surface area contributed by atoms with E-state index < -0.39 is 34.1 Å². The number of ketones is 1. The van der Waals surface area contributed by atoms with Crippen molar-refractivity contribution in [3.8, 4) is 0 Å².